The monoisotopic (exact) mass is 247 g/mol. The Morgan fingerprint density at radius 3 is 2.31 bits per heavy atom. The predicted molar refractivity (Wildman–Crippen MR) is 61.2 cm³/mol. The standard InChI is InChI=1S/C8H13N3O4S/c12-6-9-7(13)11(8(14)10-6)2-4-15-3-1-5-16/h16H,1-5H2,(H2,9,10,12,13,14). The maximum atomic E-state index is 11.2. The third-order valence-electron chi connectivity index (χ3n) is 1.84. The second-order valence-electron chi connectivity index (χ2n) is 3.03. The molecule has 7 nitrogen and oxygen atoms in total. The molecule has 0 spiro atoms. The average molecular weight is 247 g/mol. The molecule has 0 aliphatic rings. The Bertz CT molecular complexity index is 455. The first-order chi connectivity index (χ1) is 7.65. The number of ether oxygens (including phenoxy) is 1. The molecule has 0 aliphatic heterocycles. The maximum Gasteiger partial charge on any atom is 0.333 e. The van der Waals surface area contributed by atoms with Crippen LogP contribution in [0.1, 0.15) is 6.42 Å². The summed E-state index contributed by atoms with van der Waals surface area (Å²) in [4.78, 5) is 37.0. The molecule has 0 saturated heterocycles. The summed E-state index contributed by atoms with van der Waals surface area (Å²) in [6.45, 7) is 0.875. The van der Waals surface area contributed by atoms with Crippen molar-refractivity contribution in [1.29, 1.82) is 0 Å². The van der Waals surface area contributed by atoms with Gasteiger partial charge in [0.1, 0.15) is 0 Å². The Kier molecular flexibility index (Phi) is 5.06. The largest absolute Gasteiger partial charge is 0.380 e. The van der Waals surface area contributed by atoms with Gasteiger partial charge in [-0.25, -0.2) is 19.0 Å². The van der Waals surface area contributed by atoms with Gasteiger partial charge in [-0.3, -0.25) is 9.97 Å². The highest BCUT2D eigenvalue weighted by Crippen LogP contribution is 1.85. The van der Waals surface area contributed by atoms with Gasteiger partial charge in [-0.15, -0.1) is 0 Å². The van der Waals surface area contributed by atoms with E-state index < -0.39 is 17.1 Å². The van der Waals surface area contributed by atoms with Gasteiger partial charge in [0, 0.05) is 6.61 Å². The SMILES string of the molecule is O=c1[nH]c(=O)n(CCOCCCS)c(=O)[nH]1. The lowest BCUT2D eigenvalue weighted by atomic mass is 10.5. The lowest BCUT2D eigenvalue weighted by Gasteiger charge is -2.04. The molecule has 0 aromatic carbocycles. The summed E-state index contributed by atoms with van der Waals surface area (Å²) in [6, 6.07) is 0. The number of hydrogen-bond donors (Lipinski definition) is 3. The van der Waals surface area contributed by atoms with Gasteiger partial charge in [0.2, 0.25) is 0 Å². The smallest absolute Gasteiger partial charge is 0.333 e. The van der Waals surface area contributed by atoms with Gasteiger partial charge in [0.25, 0.3) is 0 Å². The molecule has 2 N–H and O–H groups in total. The van der Waals surface area contributed by atoms with Gasteiger partial charge in [0.15, 0.2) is 0 Å². The fraction of sp³-hybridized carbons (Fsp3) is 0.625. The summed E-state index contributed by atoms with van der Waals surface area (Å²) in [5.41, 5.74) is -2.26. The minimum Gasteiger partial charge on any atom is -0.380 e. The fourth-order valence-electron chi connectivity index (χ4n) is 1.08. The van der Waals surface area contributed by atoms with Crippen LogP contribution in [0.15, 0.2) is 14.4 Å². The fourth-order valence-corrected chi connectivity index (χ4v) is 1.21. The van der Waals surface area contributed by atoms with Crippen molar-refractivity contribution in [2.75, 3.05) is 19.0 Å². The van der Waals surface area contributed by atoms with Crippen molar-refractivity contribution >= 4 is 12.6 Å². The summed E-state index contributed by atoms with van der Waals surface area (Å²) in [5, 5.41) is 0. The topological polar surface area (TPSA) is 96.9 Å². The lowest BCUT2D eigenvalue weighted by molar-refractivity contribution is 0.125. The number of H-pyrrole nitrogens is 2. The van der Waals surface area contributed by atoms with Crippen LogP contribution in [0.25, 0.3) is 0 Å². The van der Waals surface area contributed by atoms with Crippen LogP contribution in [0, 0.1) is 0 Å². The Morgan fingerprint density at radius 1 is 1.12 bits per heavy atom. The quantitative estimate of drug-likeness (QED) is 0.424. The minimum atomic E-state index is -0.803. The Morgan fingerprint density at radius 2 is 1.75 bits per heavy atom. The summed E-state index contributed by atoms with van der Waals surface area (Å²) < 4.78 is 6.04. The van der Waals surface area contributed by atoms with E-state index in [1.165, 1.54) is 0 Å². The van der Waals surface area contributed by atoms with Crippen molar-refractivity contribution in [3.05, 3.63) is 31.5 Å². The normalized spacial score (nSPS) is 10.6. The molecule has 1 rings (SSSR count). The molecule has 0 aliphatic carbocycles. The van der Waals surface area contributed by atoms with Crippen LogP contribution in [0.5, 0.6) is 0 Å². The van der Waals surface area contributed by atoms with Crippen molar-refractivity contribution < 1.29 is 4.74 Å². The second kappa shape index (κ2) is 6.33. The average Bonchev–Trinajstić information content (AvgIpc) is 2.20. The summed E-state index contributed by atoms with van der Waals surface area (Å²) in [6.07, 6.45) is 0.806. The number of hydrogen-bond acceptors (Lipinski definition) is 5. The molecule has 0 unspecified atom stereocenters. The molecule has 1 aromatic heterocycles. The molecular weight excluding hydrogens is 234 g/mol. The Labute approximate surface area is 95.9 Å². The minimum absolute atomic E-state index is 0.109. The van der Waals surface area contributed by atoms with E-state index in [0.29, 0.717) is 6.61 Å². The molecule has 8 heteroatoms. The van der Waals surface area contributed by atoms with E-state index in [2.05, 4.69) is 12.6 Å². The van der Waals surface area contributed by atoms with Crippen LogP contribution in [0.3, 0.4) is 0 Å². The van der Waals surface area contributed by atoms with Gasteiger partial charge in [-0.1, -0.05) is 0 Å². The predicted octanol–water partition coefficient (Wildman–Crippen LogP) is -1.44. The number of nitrogens with one attached hydrogen (secondary N) is 2. The van der Waals surface area contributed by atoms with Crippen LogP contribution in [-0.4, -0.2) is 33.5 Å². The number of thiol groups is 1. The van der Waals surface area contributed by atoms with Crippen LogP contribution < -0.4 is 17.1 Å². The first-order valence-electron chi connectivity index (χ1n) is 4.77. The summed E-state index contributed by atoms with van der Waals surface area (Å²) in [5.74, 6) is 0.721. The van der Waals surface area contributed by atoms with Crippen molar-refractivity contribution in [2.24, 2.45) is 0 Å². The highest BCUT2D eigenvalue weighted by atomic mass is 32.1. The number of aromatic nitrogens is 3. The molecule has 0 atom stereocenters. The number of nitrogens with zero attached hydrogens (tertiary/aromatic N) is 1. The van der Waals surface area contributed by atoms with E-state index in [0.717, 1.165) is 16.7 Å². The molecule has 1 heterocycles. The number of aromatic amines is 2. The van der Waals surface area contributed by atoms with Crippen LogP contribution in [0.2, 0.25) is 0 Å². The zero-order chi connectivity index (χ0) is 12.0. The Hall–Kier alpha value is -1.28. The van der Waals surface area contributed by atoms with Crippen molar-refractivity contribution in [1.82, 2.24) is 14.5 Å². The van der Waals surface area contributed by atoms with E-state index >= 15 is 0 Å². The van der Waals surface area contributed by atoms with Gasteiger partial charge in [0.05, 0.1) is 13.2 Å². The second-order valence-corrected chi connectivity index (χ2v) is 3.48. The van der Waals surface area contributed by atoms with Crippen LogP contribution in [0.4, 0.5) is 0 Å². The van der Waals surface area contributed by atoms with E-state index in [1.54, 1.807) is 0 Å². The van der Waals surface area contributed by atoms with E-state index in [1.807, 2.05) is 9.97 Å². The molecule has 90 valence electrons. The third kappa shape index (κ3) is 3.70. The highest BCUT2D eigenvalue weighted by molar-refractivity contribution is 7.80. The van der Waals surface area contributed by atoms with E-state index in [4.69, 9.17) is 4.74 Å². The van der Waals surface area contributed by atoms with Gasteiger partial charge < -0.3 is 4.74 Å². The zero-order valence-electron chi connectivity index (χ0n) is 8.56. The molecule has 0 radical (unpaired) electrons. The molecule has 1 aromatic rings. The van der Waals surface area contributed by atoms with Gasteiger partial charge in [-0.05, 0) is 12.2 Å². The van der Waals surface area contributed by atoms with E-state index in [9.17, 15) is 14.4 Å². The third-order valence-corrected chi connectivity index (χ3v) is 2.15. The maximum absolute atomic E-state index is 11.2. The first kappa shape index (κ1) is 12.8. The summed E-state index contributed by atoms with van der Waals surface area (Å²) >= 11 is 4.01. The van der Waals surface area contributed by atoms with Gasteiger partial charge in [-0.2, -0.15) is 12.6 Å². The van der Waals surface area contributed by atoms with E-state index in [-0.39, 0.29) is 13.2 Å². The van der Waals surface area contributed by atoms with Crippen LogP contribution >= 0.6 is 12.6 Å². The first-order valence-corrected chi connectivity index (χ1v) is 5.40. The van der Waals surface area contributed by atoms with Crippen LogP contribution in [-0.2, 0) is 11.3 Å². The molecular formula is C8H13N3O4S. The number of rotatable bonds is 6. The molecule has 0 saturated carbocycles. The van der Waals surface area contributed by atoms with Crippen molar-refractivity contribution in [2.45, 2.75) is 13.0 Å². The molecule has 16 heavy (non-hydrogen) atoms. The lowest BCUT2D eigenvalue weighted by Crippen LogP contribution is -2.43. The Balaban J connectivity index is 2.58. The highest BCUT2D eigenvalue weighted by Gasteiger charge is 2.01. The van der Waals surface area contributed by atoms with Crippen molar-refractivity contribution in [3.63, 3.8) is 0 Å². The zero-order valence-corrected chi connectivity index (χ0v) is 9.46. The van der Waals surface area contributed by atoms with Gasteiger partial charge >= 0.3 is 17.1 Å². The molecule has 0 fully saturated rings. The van der Waals surface area contributed by atoms with Crippen molar-refractivity contribution in [3.8, 4) is 0 Å². The molecule has 0 bridgehead atoms. The molecule has 0 amide bonds. The summed E-state index contributed by atoms with van der Waals surface area (Å²) in [7, 11) is 0.